The second-order valence-corrected chi connectivity index (χ2v) is 8.08. The Bertz CT molecular complexity index is 1120. The molecule has 0 radical (unpaired) electrons. The Hall–Kier alpha value is -3.38. The van der Waals surface area contributed by atoms with Gasteiger partial charge in [-0.25, -0.2) is 4.39 Å². The number of hydrogen-bond acceptors (Lipinski definition) is 4. The average molecular weight is 417 g/mol. The van der Waals surface area contributed by atoms with Gasteiger partial charge in [-0.05, 0) is 48.9 Å². The zero-order chi connectivity index (χ0) is 21.4. The molecule has 0 aromatic heterocycles. The van der Waals surface area contributed by atoms with E-state index in [2.05, 4.69) is 39.5 Å². The lowest BCUT2D eigenvalue weighted by Crippen LogP contribution is -2.47. The molecule has 158 valence electrons. The van der Waals surface area contributed by atoms with Crippen molar-refractivity contribution < 1.29 is 9.18 Å². The minimum absolute atomic E-state index is 0.106. The largest absolute Gasteiger partial charge is 0.367 e. The number of rotatable bonds is 3. The second kappa shape index (κ2) is 8.04. The number of piperazine rings is 1. The summed E-state index contributed by atoms with van der Waals surface area (Å²) in [7, 11) is 0. The van der Waals surface area contributed by atoms with E-state index in [1.807, 2.05) is 42.5 Å². The van der Waals surface area contributed by atoms with Crippen molar-refractivity contribution >= 4 is 28.7 Å². The predicted octanol–water partition coefficient (Wildman–Crippen LogP) is 5.02. The summed E-state index contributed by atoms with van der Waals surface area (Å²) in [5.74, 6) is -0.274. The summed E-state index contributed by atoms with van der Waals surface area (Å²) in [5.41, 5.74) is 4.94. The van der Waals surface area contributed by atoms with Crippen LogP contribution in [0.4, 0.5) is 27.1 Å². The lowest BCUT2D eigenvalue weighted by Gasteiger charge is -2.39. The van der Waals surface area contributed by atoms with Crippen LogP contribution in [0.15, 0.2) is 66.7 Å². The van der Waals surface area contributed by atoms with E-state index in [-0.39, 0.29) is 17.8 Å². The van der Waals surface area contributed by atoms with Crippen molar-refractivity contribution in [3.8, 4) is 0 Å². The molecule has 2 N–H and O–H groups in total. The first-order valence-corrected chi connectivity index (χ1v) is 10.6. The molecule has 31 heavy (non-hydrogen) atoms. The molecular weight excluding hydrogens is 391 g/mol. The zero-order valence-corrected chi connectivity index (χ0v) is 17.4. The molecule has 1 unspecified atom stereocenters. The summed E-state index contributed by atoms with van der Waals surface area (Å²) >= 11 is 0. The van der Waals surface area contributed by atoms with Gasteiger partial charge in [0.05, 0.1) is 28.3 Å². The normalized spacial score (nSPS) is 17.1. The van der Waals surface area contributed by atoms with Crippen LogP contribution < -0.4 is 15.5 Å². The highest BCUT2D eigenvalue weighted by Crippen LogP contribution is 2.35. The van der Waals surface area contributed by atoms with Crippen LogP contribution in [0, 0.1) is 5.82 Å². The Kier molecular flexibility index (Phi) is 5.08. The Morgan fingerprint density at radius 2 is 1.58 bits per heavy atom. The van der Waals surface area contributed by atoms with Crippen LogP contribution in [-0.4, -0.2) is 37.0 Å². The van der Waals surface area contributed by atoms with Crippen molar-refractivity contribution in [2.75, 3.05) is 41.7 Å². The first-order chi connectivity index (χ1) is 15.1. The lowest BCUT2D eigenvalue weighted by molar-refractivity contribution is 0.102. The molecule has 0 bridgehead atoms. The van der Waals surface area contributed by atoms with E-state index in [1.54, 1.807) is 6.07 Å². The summed E-state index contributed by atoms with van der Waals surface area (Å²) in [5, 5.41) is 6.41. The maximum Gasteiger partial charge on any atom is 0.257 e. The van der Waals surface area contributed by atoms with E-state index in [9.17, 15) is 9.18 Å². The highest BCUT2D eigenvalue weighted by Gasteiger charge is 2.25. The topological polar surface area (TPSA) is 47.6 Å². The highest BCUT2D eigenvalue weighted by molar-refractivity contribution is 6.12. The third kappa shape index (κ3) is 3.75. The van der Waals surface area contributed by atoms with Crippen molar-refractivity contribution in [2.24, 2.45) is 0 Å². The van der Waals surface area contributed by atoms with E-state index in [0.717, 1.165) is 48.8 Å². The molecule has 1 fully saturated rings. The van der Waals surface area contributed by atoms with Gasteiger partial charge >= 0.3 is 0 Å². The zero-order valence-electron chi connectivity index (χ0n) is 17.4. The molecule has 1 atom stereocenters. The molecule has 5 rings (SSSR count). The summed E-state index contributed by atoms with van der Waals surface area (Å²) in [6, 6.07) is 20.9. The molecule has 2 aliphatic heterocycles. The number of fused-ring (bicyclic) bond motifs is 2. The first kappa shape index (κ1) is 19.6. The molecule has 2 heterocycles. The van der Waals surface area contributed by atoms with Crippen LogP contribution in [-0.2, 0) is 0 Å². The maximum atomic E-state index is 14.1. The molecule has 0 saturated carbocycles. The molecule has 1 saturated heterocycles. The number of carbonyl (C=O) groups is 1. The molecule has 3 aromatic rings. The molecule has 6 heteroatoms. The monoisotopic (exact) mass is 416 g/mol. The molecule has 2 aliphatic rings. The fourth-order valence-electron chi connectivity index (χ4n) is 4.43. The van der Waals surface area contributed by atoms with Gasteiger partial charge < -0.3 is 15.5 Å². The van der Waals surface area contributed by atoms with E-state index < -0.39 is 0 Å². The minimum atomic E-state index is -0.168. The van der Waals surface area contributed by atoms with Crippen LogP contribution in [0.1, 0.15) is 28.9 Å². The number of hydrogen-bond donors (Lipinski definition) is 2. The fraction of sp³-hybridized carbons (Fsp3) is 0.240. The number of halogens is 1. The van der Waals surface area contributed by atoms with Crippen molar-refractivity contribution in [2.45, 2.75) is 13.0 Å². The summed E-state index contributed by atoms with van der Waals surface area (Å²) in [4.78, 5) is 17.2. The summed E-state index contributed by atoms with van der Waals surface area (Å²) in [6.45, 7) is 5.44. The number of anilines is 4. The number of nitrogens with zero attached hydrogens (tertiary/aromatic N) is 2. The number of benzene rings is 3. The third-order valence-corrected chi connectivity index (χ3v) is 6.27. The van der Waals surface area contributed by atoms with Gasteiger partial charge in [0.25, 0.3) is 5.91 Å². The van der Waals surface area contributed by atoms with E-state index >= 15 is 0 Å². The maximum absolute atomic E-state index is 14.1. The Morgan fingerprint density at radius 1 is 0.839 bits per heavy atom. The summed E-state index contributed by atoms with van der Waals surface area (Å²) in [6.07, 6.45) is 0. The van der Waals surface area contributed by atoms with Gasteiger partial charge in [-0.15, -0.1) is 0 Å². The standard InChI is InChI=1S/C25H25FN4O/c1-17(29-12-14-30(15-13-29)24-9-5-3-7-20(24)26)18-10-11-22-23(16-18)28-25(31)19-6-2-4-8-21(19)27-22/h2-11,16-17,27H,12-15H2,1H3,(H,28,31). The molecule has 0 aliphatic carbocycles. The van der Waals surface area contributed by atoms with Crippen LogP contribution >= 0.6 is 0 Å². The molecule has 1 amide bonds. The molecule has 0 spiro atoms. The van der Waals surface area contributed by atoms with Gasteiger partial charge in [0.1, 0.15) is 5.82 Å². The Morgan fingerprint density at radius 3 is 2.39 bits per heavy atom. The third-order valence-electron chi connectivity index (χ3n) is 6.27. The number of para-hydroxylation sites is 2. The van der Waals surface area contributed by atoms with Gasteiger partial charge in [0, 0.05) is 32.2 Å². The molecule has 5 nitrogen and oxygen atoms in total. The second-order valence-electron chi connectivity index (χ2n) is 8.08. The van der Waals surface area contributed by atoms with E-state index in [1.165, 1.54) is 6.07 Å². The Balaban J connectivity index is 1.31. The van der Waals surface area contributed by atoms with Gasteiger partial charge in [-0.1, -0.05) is 30.3 Å². The minimum Gasteiger partial charge on any atom is -0.367 e. The smallest absolute Gasteiger partial charge is 0.257 e. The number of nitrogens with one attached hydrogen (secondary N) is 2. The number of amides is 1. The van der Waals surface area contributed by atoms with Crippen molar-refractivity contribution in [3.63, 3.8) is 0 Å². The van der Waals surface area contributed by atoms with E-state index in [4.69, 9.17) is 0 Å². The van der Waals surface area contributed by atoms with Crippen LogP contribution in [0.25, 0.3) is 0 Å². The average Bonchev–Trinajstić information content (AvgIpc) is 2.94. The summed E-state index contributed by atoms with van der Waals surface area (Å²) < 4.78 is 14.1. The van der Waals surface area contributed by atoms with Gasteiger partial charge in [0.2, 0.25) is 0 Å². The van der Waals surface area contributed by atoms with Crippen LogP contribution in [0.5, 0.6) is 0 Å². The first-order valence-electron chi connectivity index (χ1n) is 10.6. The van der Waals surface area contributed by atoms with Gasteiger partial charge in [0.15, 0.2) is 0 Å². The van der Waals surface area contributed by atoms with Crippen LogP contribution in [0.3, 0.4) is 0 Å². The van der Waals surface area contributed by atoms with E-state index in [0.29, 0.717) is 11.3 Å². The van der Waals surface area contributed by atoms with Crippen molar-refractivity contribution in [3.05, 3.63) is 83.7 Å². The van der Waals surface area contributed by atoms with Gasteiger partial charge in [-0.3, -0.25) is 9.69 Å². The number of carbonyl (C=O) groups excluding carboxylic acids is 1. The SMILES string of the molecule is CC(c1ccc2c(c1)NC(=O)c1ccccc1N2)N1CCN(c2ccccc2F)CC1. The predicted molar refractivity (Wildman–Crippen MR) is 123 cm³/mol. The van der Waals surface area contributed by atoms with Gasteiger partial charge in [-0.2, -0.15) is 0 Å². The quantitative estimate of drug-likeness (QED) is 0.630. The highest BCUT2D eigenvalue weighted by atomic mass is 19.1. The van der Waals surface area contributed by atoms with Crippen LogP contribution in [0.2, 0.25) is 0 Å². The van der Waals surface area contributed by atoms with Crippen molar-refractivity contribution in [1.29, 1.82) is 0 Å². The molecular formula is C25H25FN4O. The Labute approximate surface area is 181 Å². The van der Waals surface area contributed by atoms with Crippen molar-refractivity contribution in [1.82, 2.24) is 4.90 Å². The lowest BCUT2D eigenvalue weighted by atomic mass is 10.0. The molecule has 3 aromatic carbocycles. The fourth-order valence-corrected chi connectivity index (χ4v) is 4.43.